The summed E-state index contributed by atoms with van der Waals surface area (Å²) in [6, 6.07) is 1.49. The Labute approximate surface area is 92.7 Å². The van der Waals surface area contributed by atoms with E-state index in [4.69, 9.17) is 23.1 Å². The molecule has 0 spiro atoms. The molecule has 0 aliphatic heterocycles. The Bertz CT molecular complexity index is 335. The minimum atomic E-state index is -1.04. The Morgan fingerprint density at radius 1 is 1.47 bits per heavy atom. The van der Waals surface area contributed by atoms with Crippen molar-refractivity contribution in [1.82, 2.24) is 4.98 Å². The van der Waals surface area contributed by atoms with Gasteiger partial charge < -0.3 is 21.7 Å². The highest BCUT2D eigenvalue weighted by molar-refractivity contribution is 6.31. The Hall–Kier alpha value is -0.880. The van der Waals surface area contributed by atoms with Crippen molar-refractivity contribution in [2.45, 2.75) is 18.6 Å². The SMILES string of the molecule is NCCC(O)C(O)c1cnc(Cl)c(N)c1. The van der Waals surface area contributed by atoms with Gasteiger partial charge in [0.2, 0.25) is 0 Å². The van der Waals surface area contributed by atoms with E-state index in [1.54, 1.807) is 0 Å². The lowest BCUT2D eigenvalue weighted by molar-refractivity contribution is 0.0149. The smallest absolute Gasteiger partial charge is 0.151 e. The number of nitrogen functional groups attached to an aromatic ring is 1. The Balaban J connectivity index is 2.81. The lowest BCUT2D eigenvalue weighted by Gasteiger charge is -2.17. The number of halogens is 1. The molecule has 6 heteroatoms. The molecule has 0 aliphatic carbocycles. The van der Waals surface area contributed by atoms with Gasteiger partial charge in [-0.1, -0.05) is 11.6 Å². The number of nitrogens with two attached hydrogens (primary N) is 2. The molecule has 84 valence electrons. The first-order chi connectivity index (χ1) is 7.06. The third-order valence-corrected chi connectivity index (χ3v) is 2.37. The van der Waals surface area contributed by atoms with Crippen molar-refractivity contribution in [3.05, 3.63) is 23.0 Å². The quantitative estimate of drug-likeness (QED) is 0.549. The molecule has 0 radical (unpaired) electrons. The molecule has 6 N–H and O–H groups in total. The van der Waals surface area contributed by atoms with E-state index in [-0.39, 0.29) is 10.8 Å². The van der Waals surface area contributed by atoms with Crippen molar-refractivity contribution in [1.29, 1.82) is 0 Å². The van der Waals surface area contributed by atoms with Crippen LogP contribution < -0.4 is 11.5 Å². The van der Waals surface area contributed by atoms with Gasteiger partial charge >= 0.3 is 0 Å². The zero-order chi connectivity index (χ0) is 11.4. The summed E-state index contributed by atoms with van der Waals surface area (Å²) in [6.07, 6.45) is -0.273. The molecule has 1 heterocycles. The van der Waals surface area contributed by atoms with Gasteiger partial charge in [0.05, 0.1) is 11.8 Å². The van der Waals surface area contributed by atoms with Gasteiger partial charge in [0.15, 0.2) is 5.15 Å². The van der Waals surface area contributed by atoms with Gasteiger partial charge in [-0.05, 0) is 19.0 Å². The molecule has 0 saturated carbocycles. The highest BCUT2D eigenvalue weighted by Crippen LogP contribution is 2.23. The lowest BCUT2D eigenvalue weighted by Crippen LogP contribution is -2.22. The first-order valence-corrected chi connectivity index (χ1v) is 4.91. The maximum Gasteiger partial charge on any atom is 0.151 e. The topological polar surface area (TPSA) is 105 Å². The van der Waals surface area contributed by atoms with Crippen LogP contribution in [0.25, 0.3) is 0 Å². The molecule has 1 aromatic rings. The van der Waals surface area contributed by atoms with Gasteiger partial charge in [-0.2, -0.15) is 0 Å². The van der Waals surface area contributed by atoms with E-state index in [9.17, 15) is 10.2 Å². The number of anilines is 1. The first-order valence-electron chi connectivity index (χ1n) is 4.53. The fourth-order valence-electron chi connectivity index (χ4n) is 1.19. The zero-order valence-electron chi connectivity index (χ0n) is 8.10. The predicted octanol–water partition coefficient (Wildman–Crippen LogP) is 0.0603. The van der Waals surface area contributed by atoms with Crippen LogP contribution in [0.2, 0.25) is 5.15 Å². The first kappa shape index (κ1) is 12.2. The predicted molar refractivity (Wildman–Crippen MR) is 58.3 cm³/mol. The Morgan fingerprint density at radius 3 is 2.67 bits per heavy atom. The van der Waals surface area contributed by atoms with Gasteiger partial charge in [-0.25, -0.2) is 4.98 Å². The summed E-state index contributed by atoms with van der Waals surface area (Å²) in [6.45, 7) is 0.300. The summed E-state index contributed by atoms with van der Waals surface area (Å²) >= 11 is 5.63. The number of aromatic nitrogens is 1. The van der Waals surface area contributed by atoms with Gasteiger partial charge in [0.25, 0.3) is 0 Å². The number of aliphatic hydroxyl groups excluding tert-OH is 2. The average molecular weight is 232 g/mol. The van der Waals surface area contributed by atoms with Crippen molar-refractivity contribution in [3.63, 3.8) is 0 Å². The summed E-state index contributed by atoms with van der Waals surface area (Å²) in [5.41, 5.74) is 11.5. The molecular formula is C9H14ClN3O2. The third kappa shape index (κ3) is 3.04. The van der Waals surface area contributed by atoms with Crippen LogP contribution in [0.4, 0.5) is 5.69 Å². The van der Waals surface area contributed by atoms with Crippen LogP contribution in [0.1, 0.15) is 18.1 Å². The standard InChI is InChI=1S/C9H14ClN3O2/c10-9-6(12)3-5(4-13-9)8(15)7(14)1-2-11/h3-4,7-8,14-15H,1-2,11-12H2. The number of rotatable bonds is 4. The van der Waals surface area contributed by atoms with Crippen LogP contribution in [0, 0.1) is 0 Å². The van der Waals surface area contributed by atoms with Crippen LogP contribution in [0.15, 0.2) is 12.3 Å². The number of hydrogen-bond acceptors (Lipinski definition) is 5. The van der Waals surface area contributed by atoms with E-state index in [0.29, 0.717) is 18.5 Å². The second-order valence-electron chi connectivity index (χ2n) is 3.24. The van der Waals surface area contributed by atoms with E-state index in [0.717, 1.165) is 0 Å². The number of nitrogens with zero attached hydrogens (tertiary/aromatic N) is 1. The van der Waals surface area contributed by atoms with Gasteiger partial charge in [0, 0.05) is 11.8 Å². The van der Waals surface area contributed by atoms with Crippen LogP contribution in [-0.2, 0) is 0 Å². The van der Waals surface area contributed by atoms with Crippen LogP contribution in [0.3, 0.4) is 0 Å². The van der Waals surface area contributed by atoms with Crippen LogP contribution in [-0.4, -0.2) is 27.8 Å². The van der Waals surface area contributed by atoms with E-state index >= 15 is 0 Å². The Kier molecular flexibility index (Phi) is 4.28. The Morgan fingerprint density at radius 2 is 2.13 bits per heavy atom. The minimum Gasteiger partial charge on any atom is -0.396 e. The second kappa shape index (κ2) is 5.27. The summed E-state index contributed by atoms with van der Waals surface area (Å²) in [7, 11) is 0. The van der Waals surface area contributed by atoms with Gasteiger partial charge in [0.1, 0.15) is 6.10 Å². The molecule has 0 saturated heterocycles. The highest BCUT2D eigenvalue weighted by atomic mass is 35.5. The van der Waals surface area contributed by atoms with E-state index in [1.807, 2.05) is 0 Å². The molecule has 0 fully saturated rings. The number of pyridine rings is 1. The monoisotopic (exact) mass is 231 g/mol. The second-order valence-corrected chi connectivity index (χ2v) is 3.60. The molecule has 5 nitrogen and oxygen atoms in total. The third-order valence-electron chi connectivity index (χ3n) is 2.06. The summed E-state index contributed by atoms with van der Waals surface area (Å²) in [4.78, 5) is 3.78. The summed E-state index contributed by atoms with van der Waals surface area (Å²) < 4.78 is 0. The van der Waals surface area contributed by atoms with Crippen molar-refractivity contribution < 1.29 is 10.2 Å². The maximum atomic E-state index is 9.69. The van der Waals surface area contributed by atoms with Crippen LogP contribution in [0.5, 0.6) is 0 Å². The van der Waals surface area contributed by atoms with Crippen molar-refractivity contribution >= 4 is 17.3 Å². The molecule has 0 amide bonds. The lowest BCUT2D eigenvalue weighted by atomic mass is 10.0. The maximum absolute atomic E-state index is 9.69. The molecule has 0 bridgehead atoms. The summed E-state index contributed by atoms with van der Waals surface area (Å²) in [5, 5.41) is 19.4. The van der Waals surface area contributed by atoms with Crippen molar-refractivity contribution in [2.24, 2.45) is 5.73 Å². The summed E-state index contributed by atoms with van der Waals surface area (Å²) in [5.74, 6) is 0. The zero-order valence-corrected chi connectivity index (χ0v) is 8.85. The molecule has 1 rings (SSSR count). The fraction of sp³-hybridized carbons (Fsp3) is 0.444. The van der Waals surface area contributed by atoms with Gasteiger partial charge in [-0.3, -0.25) is 0 Å². The van der Waals surface area contributed by atoms with Crippen LogP contribution >= 0.6 is 11.6 Å². The largest absolute Gasteiger partial charge is 0.396 e. The molecular weight excluding hydrogens is 218 g/mol. The number of hydrogen-bond donors (Lipinski definition) is 4. The normalized spacial score (nSPS) is 14.9. The molecule has 15 heavy (non-hydrogen) atoms. The highest BCUT2D eigenvalue weighted by Gasteiger charge is 2.18. The van der Waals surface area contributed by atoms with E-state index in [2.05, 4.69) is 4.98 Å². The van der Waals surface area contributed by atoms with E-state index < -0.39 is 12.2 Å². The molecule has 1 aromatic heterocycles. The molecule has 0 aliphatic rings. The molecule has 2 unspecified atom stereocenters. The molecule has 2 atom stereocenters. The van der Waals surface area contributed by atoms with Gasteiger partial charge in [-0.15, -0.1) is 0 Å². The van der Waals surface area contributed by atoms with Crippen molar-refractivity contribution in [2.75, 3.05) is 12.3 Å². The average Bonchev–Trinajstić information content (AvgIpc) is 2.21. The van der Waals surface area contributed by atoms with E-state index in [1.165, 1.54) is 12.3 Å². The van der Waals surface area contributed by atoms with Crippen molar-refractivity contribution in [3.8, 4) is 0 Å². The fourth-order valence-corrected chi connectivity index (χ4v) is 1.30. The number of aliphatic hydroxyl groups is 2. The molecule has 0 aromatic carbocycles. The minimum absolute atomic E-state index is 0.180.